The predicted octanol–water partition coefficient (Wildman–Crippen LogP) is 2.69. The molecule has 0 spiro atoms. The van der Waals surface area contributed by atoms with Gasteiger partial charge < -0.3 is 11.1 Å². The normalized spacial score (nSPS) is 11.9. The fourth-order valence-electron chi connectivity index (χ4n) is 2.23. The van der Waals surface area contributed by atoms with Crippen LogP contribution in [0.25, 0.3) is 0 Å². The molecule has 1 aromatic rings. The number of rotatable bonds is 9. The molecule has 3 N–H and O–H groups in total. The molecule has 1 unspecified atom stereocenters. The molecule has 0 aliphatic carbocycles. The van der Waals surface area contributed by atoms with Crippen LogP contribution in [0.5, 0.6) is 0 Å². The van der Waals surface area contributed by atoms with Gasteiger partial charge in [-0.25, -0.2) is 0 Å². The van der Waals surface area contributed by atoms with E-state index < -0.39 is 6.04 Å². The number of carbonyl (C=O) groups is 1. The minimum Gasteiger partial charge on any atom is -0.351 e. The Morgan fingerprint density at radius 3 is 2.18 bits per heavy atom. The zero-order valence-corrected chi connectivity index (χ0v) is 14.8. The summed E-state index contributed by atoms with van der Waals surface area (Å²) in [7, 11) is 0. The lowest BCUT2D eigenvalue weighted by Gasteiger charge is -2.18. The number of nitrogens with one attached hydrogen (secondary N) is 1. The van der Waals surface area contributed by atoms with Crippen molar-refractivity contribution in [1.29, 1.82) is 0 Å². The zero-order chi connectivity index (χ0) is 15.7. The maximum absolute atomic E-state index is 11.8. The van der Waals surface area contributed by atoms with E-state index in [1.165, 1.54) is 5.56 Å². The van der Waals surface area contributed by atoms with Gasteiger partial charge in [-0.05, 0) is 30.6 Å². The Hall–Kier alpha value is -1.10. The Bertz CT molecular complexity index is 418. The zero-order valence-electron chi connectivity index (χ0n) is 14.0. The van der Waals surface area contributed by atoms with Crippen LogP contribution in [0.4, 0.5) is 0 Å². The van der Waals surface area contributed by atoms with Crippen molar-refractivity contribution in [1.82, 2.24) is 10.2 Å². The number of hydrogen-bond donors (Lipinski definition) is 2. The molecule has 0 aromatic heterocycles. The first-order valence-corrected chi connectivity index (χ1v) is 7.94. The molecule has 0 saturated heterocycles. The van der Waals surface area contributed by atoms with Crippen LogP contribution in [-0.4, -0.2) is 29.9 Å². The lowest BCUT2D eigenvalue weighted by molar-refractivity contribution is -0.122. The summed E-state index contributed by atoms with van der Waals surface area (Å²) in [5.74, 6) is -0.0657. The van der Waals surface area contributed by atoms with E-state index in [1.807, 2.05) is 6.92 Å². The van der Waals surface area contributed by atoms with Gasteiger partial charge in [-0.1, -0.05) is 51.5 Å². The first-order chi connectivity index (χ1) is 10.1. The largest absolute Gasteiger partial charge is 0.351 e. The fraction of sp³-hybridized carbons (Fsp3) is 0.588. The number of halogens is 1. The van der Waals surface area contributed by atoms with Gasteiger partial charge in [-0.2, -0.15) is 0 Å². The molecule has 0 saturated carbocycles. The molecule has 0 bridgehead atoms. The molecule has 22 heavy (non-hydrogen) atoms. The Labute approximate surface area is 140 Å². The summed E-state index contributed by atoms with van der Waals surface area (Å²) in [4.78, 5) is 14.1. The summed E-state index contributed by atoms with van der Waals surface area (Å²) in [6.45, 7) is 10.0. The quantitative estimate of drug-likeness (QED) is 0.733. The van der Waals surface area contributed by atoms with Crippen molar-refractivity contribution in [3.8, 4) is 0 Å². The molecular formula is C17H30ClN3O. The lowest BCUT2D eigenvalue weighted by Crippen LogP contribution is -2.40. The van der Waals surface area contributed by atoms with Gasteiger partial charge in [0.05, 0.1) is 6.04 Å². The summed E-state index contributed by atoms with van der Waals surface area (Å²) in [6.07, 6.45) is 1.66. The second-order valence-electron chi connectivity index (χ2n) is 5.39. The number of benzene rings is 1. The summed E-state index contributed by atoms with van der Waals surface area (Å²) in [5.41, 5.74) is 8.19. The minimum absolute atomic E-state index is 0. The van der Waals surface area contributed by atoms with Crippen LogP contribution in [0.3, 0.4) is 0 Å². The average Bonchev–Trinajstić information content (AvgIpc) is 2.51. The third-order valence-electron chi connectivity index (χ3n) is 3.73. The molecule has 126 valence electrons. The predicted molar refractivity (Wildman–Crippen MR) is 95.0 cm³/mol. The van der Waals surface area contributed by atoms with Crippen LogP contribution in [0.1, 0.15) is 44.7 Å². The van der Waals surface area contributed by atoms with Gasteiger partial charge in [0.2, 0.25) is 5.91 Å². The van der Waals surface area contributed by atoms with Crippen molar-refractivity contribution in [3.05, 3.63) is 35.4 Å². The third-order valence-corrected chi connectivity index (χ3v) is 3.73. The first-order valence-electron chi connectivity index (χ1n) is 7.94. The summed E-state index contributed by atoms with van der Waals surface area (Å²) in [5, 5.41) is 2.89. The average molecular weight is 328 g/mol. The number of amides is 1. The summed E-state index contributed by atoms with van der Waals surface area (Å²) >= 11 is 0. The number of nitrogens with two attached hydrogens (primary N) is 1. The highest BCUT2D eigenvalue weighted by atomic mass is 35.5. The Kier molecular flexibility index (Phi) is 10.9. The SMILES string of the molecule is CCCC(N)C(=O)NCc1ccc(CN(CC)CC)cc1.Cl. The van der Waals surface area contributed by atoms with Crippen molar-refractivity contribution >= 4 is 18.3 Å². The Morgan fingerprint density at radius 1 is 1.14 bits per heavy atom. The number of nitrogens with zero attached hydrogens (tertiary/aromatic N) is 1. The number of carbonyl (C=O) groups excluding carboxylic acids is 1. The molecule has 1 rings (SSSR count). The Morgan fingerprint density at radius 2 is 1.68 bits per heavy atom. The van der Waals surface area contributed by atoms with E-state index in [0.717, 1.165) is 38.0 Å². The van der Waals surface area contributed by atoms with Gasteiger partial charge >= 0.3 is 0 Å². The van der Waals surface area contributed by atoms with Crippen molar-refractivity contribution in [2.75, 3.05) is 13.1 Å². The first kappa shape index (κ1) is 20.9. The van der Waals surface area contributed by atoms with Crippen LogP contribution in [0.2, 0.25) is 0 Å². The van der Waals surface area contributed by atoms with Gasteiger partial charge in [0.25, 0.3) is 0 Å². The summed E-state index contributed by atoms with van der Waals surface area (Å²) in [6, 6.07) is 8.02. The van der Waals surface area contributed by atoms with Gasteiger partial charge in [0.15, 0.2) is 0 Å². The van der Waals surface area contributed by atoms with Gasteiger partial charge in [-0.3, -0.25) is 9.69 Å². The molecule has 1 amide bonds. The van der Waals surface area contributed by atoms with E-state index in [4.69, 9.17) is 5.73 Å². The fourth-order valence-corrected chi connectivity index (χ4v) is 2.23. The molecule has 0 aliphatic heterocycles. The van der Waals surface area contributed by atoms with E-state index >= 15 is 0 Å². The van der Waals surface area contributed by atoms with E-state index in [2.05, 4.69) is 48.3 Å². The van der Waals surface area contributed by atoms with Crippen LogP contribution in [-0.2, 0) is 17.9 Å². The molecule has 0 aliphatic rings. The highest BCUT2D eigenvalue weighted by Crippen LogP contribution is 2.07. The highest BCUT2D eigenvalue weighted by molar-refractivity contribution is 5.85. The van der Waals surface area contributed by atoms with Crippen molar-refractivity contribution in [2.45, 2.75) is 52.7 Å². The molecule has 0 heterocycles. The third kappa shape index (κ3) is 7.25. The maximum atomic E-state index is 11.8. The van der Waals surface area contributed by atoms with Crippen LogP contribution < -0.4 is 11.1 Å². The van der Waals surface area contributed by atoms with Crippen molar-refractivity contribution in [3.63, 3.8) is 0 Å². The van der Waals surface area contributed by atoms with E-state index in [9.17, 15) is 4.79 Å². The molecule has 1 atom stereocenters. The van der Waals surface area contributed by atoms with E-state index in [-0.39, 0.29) is 18.3 Å². The van der Waals surface area contributed by atoms with E-state index in [1.54, 1.807) is 0 Å². The van der Waals surface area contributed by atoms with E-state index in [0.29, 0.717) is 6.54 Å². The topological polar surface area (TPSA) is 58.4 Å². The van der Waals surface area contributed by atoms with Crippen molar-refractivity contribution in [2.24, 2.45) is 5.73 Å². The smallest absolute Gasteiger partial charge is 0.237 e. The van der Waals surface area contributed by atoms with Gasteiger partial charge in [0, 0.05) is 13.1 Å². The maximum Gasteiger partial charge on any atom is 0.237 e. The Balaban J connectivity index is 0.00000441. The summed E-state index contributed by atoms with van der Waals surface area (Å²) < 4.78 is 0. The van der Waals surface area contributed by atoms with Crippen molar-refractivity contribution < 1.29 is 4.79 Å². The second-order valence-corrected chi connectivity index (χ2v) is 5.39. The molecule has 5 heteroatoms. The standard InChI is InChI=1S/C17H29N3O.ClH/c1-4-7-16(18)17(21)19-12-14-8-10-15(11-9-14)13-20(5-2)6-3;/h8-11,16H,4-7,12-13,18H2,1-3H3,(H,19,21);1H. The van der Waals surface area contributed by atoms with Gasteiger partial charge in [-0.15, -0.1) is 12.4 Å². The second kappa shape index (κ2) is 11.5. The molecular weight excluding hydrogens is 298 g/mol. The molecule has 1 aromatic carbocycles. The van der Waals surface area contributed by atoms with Gasteiger partial charge in [0.1, 0.15) is 0 Å². The minimum atomic E-state index is -0.392. The number of hydrogen-bond acceptors (Lipinski definition) is 3. The van der Waals surface area contributed by atoms with Crippen LogP contribution in [0, 0.1) is 0 Å². The van der Waals surface area contributed by atoms with Crippen LogP contribution in [0.15, 0.2) is 24.3 Å². The highest BCUT2D eigenvalue weighted by Gasteiger charge is 2.11. The molecule has 4 nitrogen and oxygen atoms in total. The lowest BCUT2D eigenvalue weighted by atomic mass is 10.1. The monoisotopic (exact) mass is 327 g/mol. The van der Waals surface area contributed by atoms with Crippen LogP contribution >= 0.6 is 12.4 Å². The molecule has 0 radical (unpaired) electrons. The molecule has 0 fully saturated rings.